The van der Waals surface area contributed by atoms with Gasteiger partial charge in [0.05, 0.1) is 28.7 Å². The molecule has 0 aliphatic carbocycles. The van der Waals surface area contributed by atoms with Gasteiger partial charge in [0.2, 0.25) is 0 Å². The summed E-state index contributed by atoms with van der Waals surface area (Å²) in [4.78, 5) is 24.8. The van der Waals surface area contributed by atoms with Crippen molar-refractivity contribution in [2.75, 3.05) is 32.6 Å². The molecule has 2 N–H and O–H groups in total. The Morgan fingerprint density at radius 1 is 1.10 bits per heavy atom. The minimum absolute atomic E-state index is 0.0296. The van der Waals surface area contributed by atoms with Crippen LogP contribution in [-0.4, -0.2) is 87.7 Å². The SMILES string of the molecule is CO[C@H]1C[SH](C(c2ccccc2C(F)(F)F)C2(O)CCNCC2)[C@H](COC(C)=O)[C@H](OC(C)=O)[C@H]1n1cc(-c2cc(F)c(F)c(F)c2)nn1. The summed E-state index contributed by atoms with van der Waals surface area (Å²) in [5.41, 5.74) is -2.93. The topological polar surface area (TPSA) is 125 Å². The zero-order valence-electron chi connectivity index (χ0n) is 26.7. The molecular formula is C32H36F6N4O6S. The first-order valence-corrected chi connectivity index (χ1v) is 17.1. The van der Waals surface area contributed by atoms with E-state index in [0.717, 1.165) is 32.0 Å². The number of hydrogen-bond donors (Lipinski definition) is 3. The Balaban J connectivity index is 1.68. The van der Waals surface area contributed by atoms with Crippen molar-refractivity contribution in [1.29, 1.82) is 0 Å². The lowest BCUT2D eigenvalue weighted by molar-refractivity contribution is -0.154. The summed E-state index contributed by atoms with van der Waals surface area (Å²) in [5, 5.41) is 21.4. The molecule has 0 saturated carbocycles. The van der Waals surface area contributed by atoms with Gasteiger partial charge in [-0.2, -0.15) is 13.2 Å². The highest BCUT2D eigenvalue weighted by Gasteiger charge is 2.55. The number of hydrogen-bond acceptors (Lipinski definition) is 9. The van der Waals surface area contributed by atoms with Gasteiger partial charge in [-0.1, -0.05) is 23.4 Å². The summed E-state index contributed by atoms with van der Waals surface area (Å²) in [6.45, 7) is 2.56. The molecule has 3 aromatic rings. The van der Waals surface area contributed by atoms with Gasteiger partial charge in [0, 0.05) is 37.5 Å². The third kappa shape index (κ3) is 7.74. The fourth-order valence-electron chi connectivity index (χ4n) is 6.81. The second-order valence-corrected chi connectivity index (χ2v) is 14.7. The van der Waals surface area contributed by atoms with E-state index in [4.69, 9.17) is 14.2 Å². The Bertz CT molecular complexity index is 1650. The van der Waals surface area contributed by atoms with E-state index in [1.807, 2.05) is 0 Å². The Morgan fingerprint density at radius 3 is 2.35 bits per heavy atom. The lowest BCUT2D eigenvalue weighted by Gasteiger charge is -2.54. The first-order chi connectivity index (χ1) is 23.1. The normalized spacial score (nSPS) is 25.4. The van der Waals surface area contributed by atoms with E-state index in [1.54, 1.807) is 0 Å². The maximum absolute atomic E-state index is 14.6. The van der Waals surface area contributed by atoms with Crippen LogP contribution in [0.1, 0.15) is 49.1 Å². The van der Waals surface area contributed by atoms with Gasteiger partial charge < -0.3 is 24.6 Å². The average molecular weight is 719 g/mol. The van der Waals surface area contributed by atoms with Crippen molar-refractivity contribution < 1.29 is 55.2 Å². The van der Waals surface area contributed by atoms with Crippen LogP contribution in [-0.2, 0) is 30.0 Å². The molecule has 0 amide bonds. The number of benzene rings is 2. The van der Waals surface area contributed by atoms with Crippen LogP contribution in [0, 0.1) is 17.5 Å². The summed E-state index contributed by atoms with van der Waals surface area (Å²) in [6.07, 6.45) is -5.45. The maximum atomic E-state index is 14.6. The molecule has 268 valence electrons. The van der Waals surface area contributed by atoms with Gasteiger partial charge in [-0.25, -0.2) is 28.7 Å². The number of thiol groups is 1. The van der Waals surface area contributed by atoms with Gasteiger partial charge in [-0.3, -0.25) is 9.59 Å². The van der Waals surface area contributed by atoms with Crippen LogP contribution in [0.25, 0.3) is 11.3 Å². The predicted molar refractivity (Wildman–Crippen MR) is 166 cm³/mol. The number of halogens is 6. The Kier molecular flexibility index (Phi) is 11.0. The minimum atomic E-state index is -4.77. The quantitative estimate of drug-likeness (QED) is 0.125. The van der Waals surface area contributed by atoms with Crippen molar-refractivity contribution in [3.05, 3.63) is 71.2 Å². The Morgan fingerprint density at radius 2 is 1.76 bits per heavy atom. The van der Waals surface area contributed by atoms with E-state index in [9.17, 15) is 41.0 Å². The largest absolute Gasteiger partial charge is 0.465 e. The summed E-state index contributed by atoms with van der Waals surface area (Å²) in [5.74, 6) is -6.02. The summed E-state index contributed by atoms with van der Waals surface area (Å²) >= 11 is 0. The molecule has 2 aromatic carbocycles. The molecule has 5 rings (SSSR count). The number of rotatable bonds is 9. The summed E-state index contributed by atoms with van der Waals surface area (Å²) in [7, 11) is -0.531. The molecule has 2 fully saturated rings. The van der Waals surface area contributed by atoms with E-state index in [0.29, 0.717) is 13.1 Å². The molecule has 17 heteroatoms. The number of alkyl halides is 3. The number of nitrogens with one attached hydrogen (secondary N) is 1. The number of esters is 2. The molecule has 2 aliphatic rings. The second-order valence-electron chi connectivity index (χ2n) is 12.1. The zero-order chi connectivity index (χ0) is 35.7. The molecule has 2 aliphatic heterocycles. The van der Waals surface area contributed by atoms with E-state index in [1.165, 1.54) is 36.2 Å². The van der Waals surface area contributed by atoms with Gasteiger partial charge >= 0.3 is 18.1 Å². The fourth-order valence-corrected chi connectivity index (χ4v) is 10.8. The molecular weight excluding hydrogens is 682 g/mol. The standard InChI is InChI=1S/C32H36F6N4O6S/c1-17(43)47-15-26-29(48-18(2)44)28(42-14-24(40-41-42)19-12-22(33)27(35)23(34)13-19)25(46-3)16-49(26)30(31(45)8-10-39-11-9-31)20-6-4-5-7-21(20)32(36,37)38/h4-7,12-14,25-26,28-30,39,45,49H,8-11,15-16H2,1-3H3/t25-,26+,28-,29-,30?/m0/s1. The number of piperidine rings is 1. The van der Waals surface area contributed by atoms with Crippen molar-refractivity contribution in [2.45, 2.75) is 67.2 Å². The van der Waals surface area contributed by atoms with Crippen molar-refractivity contribution in [2.24, 2.45) is 0 Å². The highest BCUT2D eigenvalue weighted by atomic mass is 32.2. The van der Waals surface area contributed by atoms with Crippen molar-refractivity contribution in [3.63, 3.8) is 0 Å². The number of carbonyl (C=O) groups excluding carboxylic acids is 2. The molecule has 0 spiro atoms. The highest BCUT2D eigenvalue weighted by Crippen LogP contribution is 2.61. The number of aromatic nitrogens is 3. The van der Waals surface area contributed by atoms with Crippen LogP contribution in [0.15, 0.2) is 42.6 Å². The van der Waals surface area contributed by atoms with Crippen molar-refractivity contribution >= 4 is 22.8 Å². The first kappa shape index (κ1) is 36.6. The minimum Gasteiger partial charge on any atom is -0.465 e. The zero-order valence-corrected chi connectivity index (χ0v) is 27.6. The van der Waals surface area contributed by atoms with Crippen LogP contribution < -0.4 is 5.32 Å². The first-order valence-electron chi connectivity index (χ1n) is 15.4. The van der Waals surface area contributed by atoms with Crippen molar-refractivity contribution in [3.8, 4) is 11.3 Å². The van der Waals surface area contributed by atoms with E-state index in [2.05, 4.69) is 15.6 Å². The van der Waals surface area contributed by atoms with E-state index < -0.39 is 86.4 Å². The lowest BCUT2D eigenvalue weighted by atomic mass is 9.84. The molecule has 49 heavy (non-hydrogen) atoms. The van der Waals surface area contributed by atoms with Gasteiger partial charge in [0.1, 0.15) is 24.4 Å². The number of aliphatic hydroxyl groups is 1. The van der Waals surface area contributed by atoms with Gasteiger partial charge in [-0.05, 0) is 49.7 Å². The smallest absolute Gasteiger partial charge is 0.416 e. The number of ether oxygens (including phenoxy) is 3. The third-order valence-corrected chi connectivity index (χ3v) is 12.4. The second kappa shape index (κ2) is 14.7. The molecule has 0 bridgehead atoms. The van der Waals surface area contributed by atoms with Gasteiger partial charge in [0.15, 0.2) is 17.5 Å². The molecule has 10 nitrogen and oxygen atoms in total. The molecule has 6 atom stereocenters. The molecule has 2 unspecified atom stereocenters. The van der Waals surface area contributed by atoms with Gasteiger partial charge in [-0.15, -0.1) is 5.10 Å². The van der Waals surface area contributed by atoms with Crippen LogP contribution in [0.3, 0.4) is 0 Å². The predicted octanol–water partition coefficient (Wildman–Crippen LogP) is 4.67. The Labute approximate surface area is 280 Å². The highest BCUT2D eigenvalue weighted by molar-refractivity contribution is 8.18. The molecule has 2 saturated heterocycles. The average Bonchev–Trinajstić information content (AvgIpc) is 3.52. The van der Waals surface area contributed by atoms with Crippen LogP contribution in [0.4, 0.5) is 26.3 Å². The van der Waals surface area contributed by atoms with E-state index in [-0.39, 0.29) is 42.0 Å². The molecule has 3 heterocycles. The molecule has 1 aromatic heterocycles. The van der Waals surface area contributed by atoms with Crippen LogP contribution in [0.5, 0.6) is 0 Å². The Hall–Kier alpha value is -3.67. The van der Waals surface area contributed by atoms with Crippen LogP contribution >= 0.6 is 10.9 Å². The monoisotopic (exact) mass is 718 g/mol. The maximum Gasteiger partial charge on any atom is 0.416 e. The van der Waals surface area contributed by atoms with E-state index >= 15 is 0 Å². The summed E-state index contributed by atoms with van der Waals surface area (Å²) < 4.78 is 104. The number of nitrogens with zero attached hydrogens (tertiary/aromatic N) is 3. The van der Waals surface area contributed by atoms with Crippen LogP contribution in [0.2, 0.25) is 0 Å². The lowest BCUT2D eigenvalue weighted by Crippen LogP contribution is -2.56. The number of carbonyl (C=O) groups is 2. The summed E-state index contributed by atoms with van der Waals surface area (Å²) in [6, 6.07) is 5.43. The van der Waals surface area contributed by atoms with Gasteiger partial charge in [0.25, 0.3) is 0 Å². The van der Waals surface area contributed by atoms with Crippen molar-refractivity contribution in [1.82, 2.24) is 20.3 Å². The third-order valence-electron chi connectivity index (χ3n) is 8.94. The fraction of sp³-hybridized carbons (Fsp3) is 0.500. The molecule has 0 radical (unpaired) electrons. The number of methoxy groups -OCH3 is 1.